The van der Waals surface area contributed by atoms with Crippen LogP contribution in [-0.4, -0.2) is 34.4 Å². The second-order valence-corrected chi connectivity index (χ2v) is 4.55. The van der Waals surface area contributed by atoms with Gasteiger partial charge in [-0.3, -0.25) is 24.8 Å². The summed E-state index contributed by atoms with van der Waals surface area (Å²) in [7, 11) is 0. The van der Waals surface area contributed by atoms with Gasteiger partial charge in [-0.05, 0) is 19.1 Å². The Balaban J connectivity index is 2.04. The summed E-state index contributed by atoms with van der Waals surface area (Å²) in [5, 5.41) is 9.92. The molecular weight excluding hydrogens is 248 g/mol. The van der Waals surface area contributed by atoms with Crippen molar-refractivity contribution in [3.05, 3.63) is 35.4 Å². The van der Waals surface area contributed by atoms with Gasteiger partial charge in [0, 0.05) is 12.0 Å². The molecule has 0 aromatic heterocycles. The number of hydrogen-bond acceptors (Lipinski definition) is 3. The zero-order valence-electron chi connectivity index (χ0n) is 10.4. The van der Waals surface area contributed by atoms with Crippen LogP contribution in [0.4, 0.5) is 0 Å². The highest BCUT2D eigenvalue weighted by molar-refractivity contribution is 5.96. The number of hydrazine groups is 1. The van der Waals surface area contributed by atoms with Gasteiger partial charge in [-0.25, -0.2) is 0 Å². The molecule has 6 nitrogen and oxygen atoms in total. The minimum absolute atomic E-state index is 0.00568. The molecular formula is C13H14N2O4. The summed E-state index contributed by atoms with van der Waals surface area (Å²) in [5.41, 5.74) is 3.81. The summed E-state index contributed by atoms with van der Waals surface area (Å²) in [6, 6.07) is 6.94. The second kappa shape index (κ2) is 5.09. The summed E-state index contributed by atoms with van der Waals surface area (Å²) < 4.78 is 0. The molecule has 0 unspecified atom stereocenters. The molecule has 2 rings (SSSR count). The first-order valence-electron chi connectivity index (χ1n) is 5.88. The first-order valence-corrected chi connectivity index (χ1v) is 5.88. The molecule has 1 aromatic rings. The third kappa shape index (κ3) is 2.90. The number of carbonyl (C=O) groups excluding carboxylic acids is 2. The predicted molar refractivity (Wildman–Crippen MR) is 66.1 cm³/mol. The van der Waals surface area contributed by atoms with Gasteiger partial charge in [-0.1, -0.05) is 17.7 Å². The average Bonchev–Trinajstić information content (AvgIpc) is 2.71. The van der Waals surface area contributed by atoms with E-state index in [4.69, 9.17) is 5.11 Å². The number of amides is 2. The number of aliphatic carboxylic acids is 1. The molecule has 1 atom stereocenters. The summed E-state index contributed by atoms with van der Waals surface area (Å²) in [6.07, 6.45) is -0.0799. The lowest BCUT2D eigenvalue weighted by Gasteiger charge is -2.17. The van der Waals surface area contributed by atoms with E-state index in [1.807, 2.05) is 13.0 Å². The number of carbonyl (C=O) groups is 3. The highest BCUT2D eigenvalue weighted by atomic mass is 16.4. The van der Waals surface area contributed by atoms with Crippen molar-refractivity contribution in [1.29, 1.82) is 0 Å². The number of aryl methyl sites for hydroxylation is 1. The number of benzene rings is 1. The molecule has 1 aromatic carbocycles. The van der Waals surface area contributed by atoms with Crippen molar-refractivity contribution in [3.8, 4) is 0 Å². The zero-order chi connectivity index (χ0) is 14.0. The van der Waals surface area contributed by atoms with E-state index < -0.39 is 17.8 Å². The first-order chi connectivity index (χ1) is 8.97. The molecule has 6 heteroatoms. The van der Waals surface area contributed by atoms with E-state index in [0.717, 1.165) is 10.6 Å². The van der Waals surface area contributed by atoms with Crippen molar-refractivity contribution >= 4 is 17.8 Å². The van der Waals surface area contributed by atoms with Crippen molar-refractivity contribution in [3.63, 3.8) is 0 Å². The minimum Gasteiger partial charge on any atom is -0.481 e. The van der Waals surface area contributed by atoms with Gasteiger partial charge in [0.15, 0.2) is 0 Å². The van der Waals surface area contributed by atoms with Crippen LogP contribution in [-0.2, 0) is 9.59 Å². The highest BCUT2D eigenvalue weighted by Crippen LogP contribution is 2.16. The smallest absolute Gasteiger partial charge is 0.308 e. The van der Waals surface area contributed by atoms with Gasteiger partial charge in [0.05, 0.1) is 12.5 Å². The molecule has 0 spiro atoms. The Labute approximate surface area is 110 Å². The van der Waals surface area contributed by atoms with Gasteiger partial charge in [0.1, 0.15) is 0 Å². The van der Waals surface area contributed by atoms with E-state index in [1.54, 1.807) is 18.2 Å². The van der Waals surface area contributed by atoms with Gasteiger partial charge in [0.25, 0.3) is 5.91 Å². The average molecular weight is 262 g/mol. The summed E-state index contributed by atoms with van der Waals surface area (Å²) >= 11 is 0. The monoisotopic (exact) mass is 262 g/mol. The molecule has 1 saturated heterocycles. The molecule has 1 fully saturated rings. The Kier molecular flexibility index (Phi) is 3.50. The standard InChI is InChI=1S/C13H14N2O4/c1-8-3-2-4-9(5-8)12(17)14-15-7-10(13(18)19)6-11(15)16/h2-5,10H,6-7H2,1H3,(H,14,17)(H,18,19)/t10-/m0/s1. The number of nitrogens with zero attached hydrogens (tertiary/aromatic N) is 1. The Hall–Kier alpha value is -2.37. The van der Waals surface area contributed by atoms with Crippen LogP contribution in [0.2, 0.25) is 0 Å². The Bertz CT molecular complexity index is 541. The molecule has 0 radical (unpaired) electrons. The van der Waals surface area contributed by atoms with Crippen molar-refractivity contribution in [1.82, 2.24) is 10.4 Å². The lowest BCUT2D eigenvalue weighted by molar-refractivity contribution is -0.141. The van der Waals surface area contributed by atoms with Crippen LogP contribution in [0.25, 0.3) is 0 Å². The van der Waals surface area contributed by atoms with E-state index >= 15 is 0 Å². The maximum atomic E-state index is 11.9. The Morgan fingerprint density at radius 1 is 1.42 bits per heavy atom. The maximum Gasteiger partial charge on any atom is 0.308 e. The Morgan fingerprint density at radius 2 is 2.16 bits per heavy atom. The van der Waals surface area contributed by atoms with Crippen LogP contribution in [0.15, 0.2) is 24.3 Å². The van der Waals surface area contributed by atoms with E-state index in [1.165, 1.54) is 0 Å². The minimum atomic E-state index is -1.03. The SMILES string of the molecule is Cc1cccc(C(=O)NN2C[C@@H](C(=O)O)CC2=O)c1. The van der Waals surface area contributed by atoms with E-state index in [2.05, 4.69) is 5.43 Å². The van der Waals surface area contributed by atoms with Crippen molar-refractivity contribution in [2.45, 2.75) is 13.3 Å². The molecule has 100 valence electrons. The first kappa shape index (κ1) is 13.1. The third-order valence-corrected chi connectivity index (χ3v) is 2.99. The largest absolute Gasteiger partial charge is 0.481 e. The van der Waals surface area contributed by atoms with Gasteiger partial charge >= 0.3 is 5.97 Å². The molecule has 0 aliphatic carbocycles. The predicted octanol–water partition coefficient (Wildman–Crippen LogP) is 0.573. The van der Waals surface area contributed by atoms with Crippen molar-refractivity contribution in [2.75, 3.05) is 6.54 Å². The van der Waals surface area contributed by atoms with E-state index in [9.17, 15) is 14.4 Å². The summed E-state index contributed by atoms with van der Waals surface area (Å²) in [5.74, 6) is -2.58. The van der Waals surface area contributed by atoms with E-state index in [0.29, 0.717) is 5.56 Å². The number of nitrogens with one attached hydrogen (secondary N) is 1. The molecule has 1 aliphatic heterocycles. The fourth-order valence-electron chi connectivity index (χ4n) is 1.95. The summed E-state index contributed by atoms with van der Waals surface area (Å²) in [4.78, 5) is 34.3. The van der Waals surface area contributed by atoms with Crippen LogP contribution in [0.5, 0.6) is 0 Å². The van der Waals surface area contributed by atoms with Crippen LogP contribution >= 0.6 is 0 Å². The third-order valence-electron chi connectivity index (χ3n) is 2.99. The number of carboxylic acid groups (broad SMARTS) is 1. The van der Waals surface area contributed by atoms with Crippen LogP contribution in [0, 0.1) is 12.8 Å². The fourth-order valence-corrected chi connectivity index (χ4v) is 1.95. The Morgan fingerprint density at radius 3 is 2.74 bits per heavy atom. The van der Waals surface area contributed by atoms with Gasteiger partial charge < -0.3 is 5.11 Å². The number of rotatable bonds is 3. The second-order valence-electron chi connectivity index (χ2n) is 4.55. The van der Waals surface area contributed by atoms with Crippen LogP contribution < -0.4 is 5.43 Å². The molecule has 0 saturated carbocycles. The van der Waals surface area contributed by atoms with E-state index in [-0.39, 0.29) is 18.9 Å². The van der Waals surface area contributed by atoms with Gasteiger partial charge in [-0.15, -0.1) is 0 Å². The maximum absolute atomic E-state index is 11.9. The lowest BCUT2D eigenvalue weighted by Crippen LogP contribution is -2.43. The highest BCUT2D eigenvalue weighted by Gasteiger charge is 2.35. The van der Waals surface area contributed by atoms with Crippen molar-refractivity contribution in [2.24, 2.45) is 5.92 Å². The number of hydrogen-bond donors (Lipinski definition) is 2. The molecule has 1 aliphatic rings. The normalized spacial score (nSPS) is 18.5. The van der Waals surface area contributed by atoms with Crippen molar-refractivity contribution < 1.29 is 19.5 Å². The van der Waals surface area contributed by atoms with Gasteiger partial charge in [0.2, 0.25) is 5.91 Å². The summed E-state index contributed by atoms with van der Waals surface area (Å²) in [6.45, 7) is 1.87. The molecule has 1 heterocycles. The fraction of sp³-hybridized carbons (Fsp3) is 0.308. The topological polar surface area (TPSA) is 86.7 Å². The molecule has 19 heavy (non-hydrogen) atoms. The zero-order valence-corrected chi connectivity index (χ0v) is 10.4. The molecule has 2 N–H and O–H groups in total. The molecule has 0 bridgehead atoms. The molecule has 2 amide bonds. The van der Waals surface area contributed by atoms with Crippen LogP contribution in [0.1, 0.15) is 22.3 Å². The quantitative estimate of drug-likeness (QED) is 0.834. The number of carboxylic acids is 1. The van der Waals surface area contributed by atoms with Crippen LogP contribution in [0.3, 0.4) is 0 Å². The lowest BCUT2D eigenvalue weighted by atomic mass is 10.1. The van der Waals surface area contributed by atoms with Gasteiger partial charge in [-0.2, -0.15) is 0 Å².